The molecule has 0 saturated heterocycles. The van der Waals surface area contributed by atoms with Gasteiger partial charge in [-0.05, 0) is 32.1 Å². The topological polar surface area (TPSA) is 115 Å². The van der Waals surface area contributed by atoms with Gasteiger partial charge < -0.3 is 20.4 Å². The molecule has 6 nitrogen and oxygen atoms in total. The van der Waals surface area contributed by atoms with Crippen LogP contribution in [-0.2, 0) is 9.59 Å². The largest absolute Gasteiger partial charge is 0.481 e. The number of carboxylic acids is 2. The van der Waals surface area contributed by atoms with Gasteiger partial charge in [-0.25, -0.2) is 0 Å². The summed E-state index contributed by atoms with van der Waals surface area (Å²) in [7, 11) is 0. The Morgan fingerprint density at radius 2 is 1.65 bits per heavy atom. The summed E-state index contributed by atoms with van der Waals surface area (Å²) in [6.07, 6.45) is 0.718. The minimum Gasteiger partial charge on any atom is -0.481 e. The first kappa shape index (κ1) is 15.9. The average molecular weight is 248 g/mol. The van der Waals surface area contributed by atoms with E-state index in [0.717, 1.165) is 0 Å². The number of carboxylic acid groups (broad SMARTS) is 2. The zero-order valence-corrected chi connectivity index (χ0v) is 9.71. The van der Waals surface area contributed by atoms with Crippen LogP contribution in [0.4, 0.5) is 0 Å². The molecular formula is C11H20O6. The van der Waals surface area contributed by atoms with E-state index in [0.29, 0.717) is 19.3 Å². The van der Waals surface area contributed by atoms with E-state index in [1.807, 2.05) is 0 Å². The molecule has 4 N–H and O–H groups in total. The summed E-state index contributed by atoms with van der Waals surface area (Å²) in [5.41, 5.74) is 0. The summed E-state index contributed by atoms with van der Waals surface area (Å²) in [6, 6.07) is 0. The first-order valence-corrected chi connectivity index (χ1v) is 5.72. The molecule has 0 aromatic heterocycles. The van der Waals surface area contributed by atoms with Crippen molar-refractivity contribution in [1.29, 1.82) is 0 Å². The van der Waals surface area contributed by atoms with Crippen molar-refractivity contribution < 1.29 is 30.0 Å². The smallest absolute Gasteiger partial charge is 0.309 e. The normalized spacial score (nSPS) is 14.2. The van der Waals surface area contributed by atoms with Crippen LogP contribution in [0.25, 0.3) is 0 Å². The van der Waals surface area contributed by atoms with Gasteiger partial charge in [-0.2, -0.15) is 0 Å². The number of aliphatic hydroxyl groups is 2. The molecule has 6 heteroatoms. The number of aliphatic hydroxyl groups excluding tert-OH is 2. The maximum atomic E-state index is 10.9. The van der Waals surface area contributed by atoms with Crippen LogP contribution in [0.3, 0.4) is 0 Å². The number of rotatable bonds is 10. The molecule has 0 aliphatic rings. The van der Waals surface area contributed by atoms with Gasteiger partial charge in [0.25, 0.3) is 0 Å². The molecule has 0 aromatic rings. The highest BCUT2D eigenvalue weighted by Gasteiger charge is 2.25. The lowest BCUT2D eigenvalue weighted by Gasteiger charge is -2.18. The fourth-order valence-electron chi connectivity index (χ4n) is 1.62. The molecule has 17 heavy (non-hydrogen) atoms. The van der Waals surface area contributed by atoms with Crippen LogP contribution >= 0.6 is 0 Å². The average Bonchev–Trinajstić information content (AvgIpc) is 2.23. The highest BCUT2D eigenvalue weighted by Crippen LogP contribution is 2.18. The van der Waals surface area contributed by atoms with Crippen LogP contribution in [0.2, 0.25) is 0 Å². The lowest BCUT2D eigenvalue weighted by Crippen LogP contribution is -2.28. The Kier molecular flexibility index (Phi) is 8.35. The summed E-state index contributed by atoms with van der Waals surface area (Å²) in [5, 5.41) is 35.6. The molecule has 100 valence electrons. The highest BCUT2D eigenvalue weighted by atomic mass is 16.4. The Morgan fingerprint density at radius 3 is 2.12 bits per heavy atom. The Hall–Kier alpha value is -1.14. The van der Waals surface area contributed by atoms with Crippen molar-refractivity contribution in [3.8, 4) is 0 Å². The third-order valence-corrected chi connectivity index (χ3v) is 2.60. The second kappa shape index (κ2) is 8.95. The fraction of sp³-hybridized carbons (Fsp3) is 0.818. The van der Waals surface area contributed by atoms with Crippen LogP contribution in [0.1, 0.15) is 38.5 Å². The van der Waals surface area contributed by atoms with Crippen molar-refractivity contribution in [2.24, 2.45) is 5.92 Å². The lowest BCUT2D eigenvalue weighted by molar-refractivity contribution is -0.147. The fourth-order valence-corrected chi connectivity index (χ4v) is 1.62. The van der Waals surface area contributed by atoms with Crippen LogP contribution in [0.5, 0.6) is 0 Å². The third kappa shape index (κ3) is 7.70. The zero-order valence-electron chi connectivity index (χ0n) is 9.71. The third-order valence-electron chi connectivity index (χ3n) is 2.60. The van der Waals surface area contributed by atoms with Crippen LogP contribution < -0.4 is 0 Å². The van der Waals surface area contributed by atoms with E-state index < -0.39 is 24.0 Å². The number of carbonyl (C=O) groups is 2. The minimum atomic E-state index is -1.10. The second-order valence-corrected chi connectivity index (χ2v) is 4.02. The molecule has 2 unspecified atom stereocenters. The van der Waals surface area contributed by atoms with Crippen molar-refractivity contribution in [2.75, 3.05) is 6.61 Å². The van der Waals surface area contributed by atoms with Crippen molar-refractivity contribution >= 4 is 11.9 Å². The Morgan fingerprint density at radius 1 is 1.00 bits per heavy atom. The Labute approximate surface area is 99.9 Å². The molecule has 0 rings (SSSR count). The van der Waals surface area contributed by atoms with Crippen molar-refractivity contribution in [3.63, 3.8) is 0 Å². The lowest BCUT2D eigenvalue weighted by atomic mass is 9.92. The molecule has 0 heterocycles. The van der Waals surface area contributed by atoms with Gasteiger partial charge in [0, 0.05) is 13.0 Å². The van der Waals surface area contributed by atoms with Gasteiger partial charge in [-0.15, -0.1) is 0 Å². The maximum absolute atomic E-state index is 10.9. The number of aliphatic carboxylic acids is 2. The molecule has 2 atom stereocenters. The van der Waals surface area contributed by atoms with Gasteiger partial charge in [0.05, 0.1) is 12.0 Å². The first-order chi connectivity index (χ1) is 7.99. The molecule has 0 aliphatic carbocycles. The quantitative estimate of drug-likeness (QED) is 0.418. The SMILES string of the molecule is O=C(O)CCCC(C(=O)O)C(O)CCCCO. The second-order valence-electron chi connectivity index (χ2n) is 4.02. The Bertz CT molecular complexity index is 240. The van der Waals surface area contributed by atoms with Gasteiger partial charge in [0.1, 0.15) is 0 Å². The van der Waals surface area contributed by atoms with Crippen LogP contribution in [-0.4, -0.2) is 45.1 Å². The molecule has 0 aliphatic heterocycles. The van der Waals surface area contributed by atoms with E-state index in [1.165, 1.54) is 0 Å². The van der Waals surface area contributed by atoms with Gasteiger partial charge >= 0.3 is 11.9 Å². The van der Waals surface area contributed by atoms with Gasteiger partial charge in [-0.1, -0.05) is 0 Å². The van der Waals surface area contributed by atoms with Gasteiger partial charge in [0.15, 0.2) is 0 Å². The molecule has 0 radical (unpaired) electrons. The standard InChI is InChI=1S/C11H20O6/c12-7-2-1-5-9(13)8(11(16)17)4-3-6-10(14)15/h8-9,12-13H,1-7H2,(H,14,15)(H,16,17). The maximum Gasteiger partial charge on any atom is 0.309 e. The number of hydrogen-bond acceptors (Lipinski definition) is 4. The molecular weight excluding hydrogens is 228 g/mol. The van der Waals surface area contributed by atoms with Crippen molar-refractivity contribution in [1.82, 2.24) is 0 Å². The van der Waals surface area contributed by atoms with Crippen molar-refractivity contribution in [2.45, 2.75) is 44.6 Å². The molecule has 0 bridgehead atoms. The van der Waals surface area contributed by atoms with Gasteiger partial charge in [-0.3, -0.25) is 9.59 Å². The first-order valence-electron chi connectivity index (χ1n) is 5.72. The van der Waals surface area contributed by atoms with E-state index in [2.05, 4.69) is 0 Å². The van der Waals surface area contributed by atoms with Gasteiger partial charge in [0.2, 0.25) is 0 Å². The van der Waals surface area contributed by atoms with E-state index in [-0.39, 0.29) is 25.9 Å². The molecule has 0 fully saturated rings. The Balaban J connectivity index is 4.03. The molecule has 0 aromatic carbocycles. The zero-order chi connectivity index (χ0) is 13.3. The van der Waals surface area contributed by atoms with Crippen LogP contribution in [0, 0.1) is 5.92 Å². The summed E-state index contributed by atoms with van der Waals surface area (Å²) in [4.78, 5) is 21.2. The minimum absolute atomic E-state index is 0.0173. The molecule has 0 spiro atoms. The number of hydrogen-bond donors (Lipinski definition) is 4. The number of unbranched alkanes of at least 4 members (excludes halogenated alkanes) is 1. The molecule has 0 saturated carbocycles. The van der Waals surface area contributed by atoms with Crippen LogP contribution in [0.15, 0.2) is 0 Å². The predicted octanol–water partition coefficient (Wildman–Crippen LogP) is 0.466. The monoisotopic (exact) mass is 248 g/mol. The highest BCUT2D eigenvalue weighted by molar-refractivity contribution is 5.71. The van der Waals surface area contributed by atoms with E-state index in [9.17, 15) is 14.7 Å². The molecule has 0 amide bonds. The predicted molar refractivity (Wildman–Crippen MR) is 59.6 cm³/mol. The van der Waals surface area contributed by atoms with E-state index in [1.54, 1.807) is 0 Å². The summed E-state index contributed by atoms with van der Waals surface area (Å²) in [5.74, 6) is -3.00. The van der Waals surface area contributed by atoms with Crippen molar-refractivity contribution in [3.05, 3.63) is 0 Å². The summed E-state index contributed by atoms with van der Waals surface area (Å²) >= 11 is 0. The van der Waals surface area contributed by atoms with E-state index >= 15 is 0 Å². The van der Waals surface area contributed by atoms with E-state index in [4.69, 9.17) is 15.3 Å². The summed E-state index contributed by atoms with van der Waals surface area (Å²) in [6.45, 7) is 0.0173. The summed E-state index contributed by atoms with van der Waals surface area (Å²) < 4.78 is 0.